The van der Waals surface area contributed by atoms with Crippen LogP contribution in [-0.4, -0.2) is 20.5 Å². The number of phenols is 1. The maximum atomic E-state index is 13.0. The highest BCUT2D eigenvalue weighted by atomic mass is 127. The number of phenolic OH excluding ortho intramolecular Hbond substituents is 1. The lowest BCUT2D eigenvalue weighted by Crippen LogP contribution is -2.04. The fourth-order valence-electron chi connectivity index (χ4n) is 2.38. The summed E-state index contributed by atoms with van der Waals surface area (Å²) in [5.41, 5.74) is 2.72. The molecule has 2 aromatic heterocycles. The lowest BCUT2D eigenvalue weighted by molar-refractivity contribution is 0.103. The van der Waals surface area contributed by atoms with Crippen LogP contribution >= 0.6 is 38.5 Å². The molecular weight excluding hydrogens is 459 g/mol. The highest BCUT2D eigenvalue weighted by Crippen LogP contribution is 2.32. The molecule has 0 amide bonds. The number of ketones is 1. The SMILES string of the molecule is CCc1nn2ccccc2c1C(=O)c1cc(Br)c(O)c(I)c1. The van der Waals surface area contributed by atoms with Crippen molar-refractivity contribution in [3.63, 3.8) is 0 Å². The normalized spacial score (nSPS) is 11.0. The molecule has 0 saturated heterocycles. The Morgan fingerprint density at radius 1 is 1.41 bits per heavy atom. The lowest BCUT2D eigenvalue weighted by atomic mass is 10.0. The second-order valence-corrected chi connectivity index (χ2v) is 6.84. The molecule has 0 aliphatic carbocycles. The largest absolute Gasteiger partial charge is 0.506 e. The van der Waals surface area contributed by atoms with Gasteiger partial charge in [-0.15, -0.1) is 0 Å². The molecule has 4 nitrogen and oxygen atoms in total. The van der Waals surface area contributed by atoms with Gasteiger partial charge in [-0.3, -0.25) is 4.79 Å². The summed E-state index contributed by atoms with van der Waals surface area (Å²) in [7, 11) is 0. The van der Waals surface area contributed by atoms with Gasteiger partial charge in [0.2, 0.25) is 0 Å². The summed E-state index contributed by atoms with van der Waals surface area (Å²) in [6, 6.07) is 9.00. The number of aryl methyl sites for hydroxylation is 1. The third-order valence-electron chi connectivity index (χ3n) is 3.45. The smallest absolute Gasteiger partial charge is 0.197 e. The molecule has 6 heteroatoms. The van der Waals surface area contributed by atoms with Crippen LogP contribution in [0, 0.1) is 3.57 Å². The Morgan fingerprint density at radius 2 is 2.18 bits per heavy atom. The van der Waals surface area contributed by atoms with Crippen molar-refractivity contribution in [2.24, 2.45) is 0 Å². The minimum absolute atomic E-state index is 0.0864. The van der Waals surface area contributed by atoms with Gasteiger partial charge in [-0.2, -0.15) is 5.10 Å². The van der Waals surface area contributed by atoms with Gasteiger partial charge in [0.25, 0.3) is 0 Å². The summed E-state index contributed by atoms with van der Waals surface area (Å²) < 4.78 is 2.87. The van der Waals surface area contributed by atoms with Crippen molar-refractivity contribution in [3.05, 3.63) is 61.4 Å². The second kappa shape index (κ2) is 6.00. The topological polar surface area (TPSA) is 54.6 Å². The van der Waals surface area contributed by atoms with E-state index in [2.05, 4.69) is 21.0 Å². The number of carbonyl (C=O) groups excluding carboxylic acids is 1. The van der Waals surface area contributed by atoms with Gasteiger partial charge in [0.15, 0.2) is 5.78 Å². The molecule has 0 spiro atoms. The van der Waals surface area contributed by atoms with E-state index in [0.717, 1.165) is 11.2 Å². The summed E-state index contributed by atoms with van der Waals surface area (Å²) in [5, 5.41) is 14.3. The molecule has 0 fully saturated rings. The summed E-state index contributed by atoms with van der Waals surface area (Å²) in [5.74, 6) is 0.0596. The Kier molecular flexibility index (Phi) is 4.22. The summed E-state index contributed by atoms with van der Waals surface area (Å²) in [6.07, 6.45) is 2.51. The number of benzene rings is 1. The number of halogens is 2. The Hall–Kier alpha value is -1.41. The highest BCUT2D eigenvalue weighted by molar-refractivity contribution is 14.1. The fraction of sp³-hybridized carbons (Fsp3) is 0.125. The minimum Gasteiger partial charge on any atom is -0.506 e. The quantitative estimate of drug-likeness (QED) is 0.461. The molecule has 2 heterocycles. The average molecular weight is 471 g/mol. The number of aromatic nitrogens is 2. The molecule has 0 aliphatic rings. The van der Waals surface area contributed by atoms with Crippen LogP contribution in [-0.2, 0) is 6.42 Å². The number of hydrogen-bond donors (Lipinski definition) is 1. The molecule has 0 atom stereocenters. The van der Waals surface area contributed by atoms with Crippen molar-refractivity contribution in [2.75, 3.05) is 0 Å². The first kappa shape index (κ1) is 15.5. The highest BCUT2D eigenvalue weighted by Gasteiger charge is 2.21. The third-order valence-corrected chi connectivity index (χ3v) is 4.88. The van der Waals surface area contributed by atoms with Crippen LogP contribution in [0.3, 0.4) is 0 Å². The Balaban J connectivity index is 2.21. The molecule has 1 aromatic carbocycles. The van der Waals surface area contributed by atoms with E-state index in [1.165, 1.54) is 0 Å². The second-order valence-electron chi connectivity index (χ2n) is 4.82. The van der Waals surface area contributed by atoms with E-state index in [9.17, 15) is 9.90 Å². The number of aromatic hydroxyl groups is 1. The number of carbonyl (C=O) groups is 1. The Bertz CT molecular complexity index is 866. The Labute approximate surface area is 149 Å². The van der Waals surface area contributed by atoms with E-state index < -0.39 is 0 Å². The molecule has 0 radical (unpaired) electrons. The standard InChI is InChI=1S/C16H12BrIN2O2/c1-2-12-14(13-5-3-4-6-20(13)19-12)15(21)9-7-10(17)16(22)11(18)8-9/h3-8,22H,2H2,1H3. The number of pyridine rings is 1. The molecule has 3 rings (SSSR count). The van der Waals surface area contributed by atoms with Crippen LogP contribution in [0.25, 0.3) is 5.52 Å². The predicted molar refractivity (Wildman–Crippen MR) is 96.5 cm³/mol. The summed E-state index contributed by atoms with van der Waals surface area (Å²) in [4.78, 5) is 13.0. The number of rotatable bonds is 3. The number of hydrogen-bond acceptors (Lipinski definition) is 3. The molecular formula is C16H12BrIN2O2. The van der Waals surface area contributed by atoms with Crippen molar-refractivity contribution >= 4 is 49.8 Å². The van der Waals surface area contributed by atoms with E-state index in [1.54, 1.807) is 16.6 Å². The van der Waals surface area contributed by atoms with Crippen LogP contribution < -0.4 is 0 Å². The van der Waals surface area contributed by atoms with Gasteiger partial charge in [-0.1, -0.05) is 13.0 Å². The van der Waals surface area contributed by atoms with Crippen LogP contribution in [0.5, 0.6) is 5.75 Å². The van der Waals surface area contributed by atoms with Crippen LogP contribution in [0.4, 0.5) is 0 Å². The predicted octanol–water partition coefficient (Wildman–Crippen LogP) is 4.20. The first-order valence-corrected chi connectivity index (χ1v) is 8.59. The summed E-state index contributed by atoms with van der Waals surface area (Å²) >= 11 is 5.30. The van der Waals surface area contributed by atoms with Crippen LogP contribution in [0.15, 0.2) is 41.0 Å². The lowest BCUT2D eigenvalue weighted by Gasteiger charge is -2.06. The molecule has 0 saturated carbocycles. The van der Waals surface area contributed by atoms with Crippen LogP contribution in [0.2, 0.25) is 0 Å². The monoisotopic (exact) mass is 470 g/mol. The van der Waals surface area contributed by atoms with Gasteiger partial charge in [-0.25, -0.2) is 4.52 Å². The van der Waals surface area contributed by atoms with Gasteiger partial charge in [-0.05, 0) is 69.2 Å². The van der Waals surface area contributed by atoms with Crippen molar-refractivity contribution in [2.45, 2.75) is 13.3 Å². The van der Waals surface area contributed by atoms with Crippen LogP contribution in [0.1, 0.15) is 28.5 Å². The maximum absolute atomic E-state index is 13.0. The van der Waals surface area contributed by atoms with Gasteiger partial charge in [0.05, 0.1) is 24.8 Å². The third kappa shape index (κ3) is 2.54. The van der Waals surface area contributed by atoms with Gasteiger partial charge in [0.1, 0.15) is 5.75 Å². The first-order valence-electron chi connectivity index (χ1n) is 6.72. The van der Waals surface area contributed by atoms with Crippen molar-refractivity contribution in [1.29, 1.82) is 0 Å². The van der Waals surface area contributed by atoms with E-state index in [-0.39, 0.29) is 11.5 Å². The molecule has 112 valence electrons. The zero-order valence-electron chi connectivity index (χ0n) is 11.7. The van der Waals surface area contributed by atoms with Crippen molar-refractivity contribution in [1.82, 2.24) is 9.61 Å². The van der Waals surface area contributed by atoms with Gasteiger partial charge >= 0.3 is 0 Å². The molecule has 1 N–H and O–H groups in total. The molecule has 22 heavy (non-hydrogen) atoms. The van der Waals surface area contributed by atoms with Gasteiger partial charge in [0, 0.05) is 11.8 Å². The Morgan fingerprint density at radius 3 is 2.86 bits per heavy atom. The average Bonchev–Trinajstić information content (AvgIpc) is 2.89. The maximum Gasteiger partial charge on any atom is 0.197 e. The van der Waals surface area contributed by atoms with E-state index in [1.807, 2.05) is 53.9 Å². The van der Waals surface area contributed by atoms with E-state index >= 15 is 0 Å². The zero-order chi connectivity index (χ0) is 15.9. The number of fused-ring (bicyclic) bond motifs is 1. The minimum atomic E-state index is -0.0864. The van der Waals surface area contributed by atoms with E-state index in [0.29, 0.717) is 25.6 Å². The molecule has 0 aliphatic heterocycles. The van der Waals surface area contributed by atoms with Crippen molar-refractivity contribution < 1.29 is 9.90 Å². The molecule has 0 unspecified atom stereocenters. The number of nitrogens with zero attached hydrogens (tertiary/aromatic N) is 2. The fourth-order valence-corrected chi connectivity index (χ4v) is 3.84. The molecule has 3 aromatic rings. The molecule has 0 bridgehead atoms. The zero-order valence-corrected chi connectivity index (χ0v) is 15.4. The van der Waals surface area contributed by atoms with E-state index in [4.69, 9.17) is 0 Å². The van der Waals surface area contributed by atoms with Gasteiger partial charge < -0.3 is 5.11 Å². The first-order chi connectivity index (χ1) is 10.5. The van der Waals surface area contributed by atoms with Crippen molar-refractivity contribution in [3.8, 4) is 5.75 Å². The summed E-state index contributed by atoms with van der Waals surface area (Å²) in [6.45, 7) is 1.98.